The maximum absolute atomic E-state index is 11.9. The summed E-state index contributed by atoms with van der Waals surface area (Å²) in [5.41, 5.74) is 1.87. The highest BCUT2D eigenvalue weighted by molar-refractivity contribution is 6.61. The Morgan fingerprint density at radius 1 is 1.33 bits per heavy atom. The summed E-state index contributed by atoms with van der Waals surface area (Å²) in [4.78, 5) is 4.22. The summed E-state index contributed by atoms with van der Waals surface area (Å²) in [6.07, 6.45) is 3.09. The molecule has 3 rings (SSSR count). The molecule has 1 aliphatic heterocycles. The highest BCUT2D eigenvalue weighted by Crippen LogP contribution is 2.22. The molecule has 0 bridgehead atoms. The van der Waals surface area contributed by atoms with E-state index in [1.165, 1.54) is 6.21 Å². The quantitative estimate of drug-likeness (QED) is 0.306. The van der Waals surface area contributed by atoms with Gasteiger partial charge in [-0.25, -0.2) is 9.72 Å². The van der Waals surface area contributed by atoms with Gasteiger partial charge in [-0.1, -0.05) is 6.07 Å². The van der Waals surface area contributed by atoms with Crippen LogP contribution in [0.5, 0.6) is 11.6 Å². The van der Waals surface area contributed by atoms with Crippen molar-refractivity contribution >= 4 is 18.8 Å². The topological polar surface area (TPSA) is 77.7 Å². The van der Waals surface area contributed by atoms with Gasteiger partial charge in [0.25, 0.3) is 0 Å². The number of aromatic nitrogens is 1. The molecule has 1 N–H and O–H groups in total. The Labute approximate surface area is 141 Å². The number of hydrogen-bond acceptors (Lipinski definition) is 5. The Morgan fingerprint density at radius 2 is 2.12 bits per heavy atom. The zero-order chi connectivity index (χ0) is 17.3. The molecule has 2 heterocycles. The van der Waals surface area contributed by atoms with Crippen molar-refractivity contribution in [1.82, 2.24) is 4.98 Å². The summed E-state index contributed by atoms with van der Waals surface area (Å²) >= 11 is 0. The zero-order valence-corrected chi connectivity index (χ0v) is 13.9. The van der Waals surface area contributed by atoms with Gasteiger partial charge in [-0.2, -0.15) is 0 Å². The molecule has 0 fully saturated rings. The second-order valence-electron chi connectivity index (χ2n) is 6.68. The van der Waals surface area contributed by atoms with Gasteiger partial charge >= 0.3 is 7.12 Å². The molecule has 1 aromatic carbocycles. The number of benzene rings is 1. The van der Waals surface area contributed by atoms with Crippen LogP contribution in [0.2, 0.25) is 0 Å². The van der Waals surface area contributed by atoms with Crippen LogP contribution >= 0.6 is 0 Å². The van der Waals surface area contributed by atoms with Gasteiger partial charge in [0.2, 0.25) is 5.88 Å². The lowest BCUT2D eigenvalue weighted by atomic mass is 9.80. The smallest absolute Gasteiger partial charge is 0.491 e. The van der Waals surface area contributed by atoms with E-state index in [4.69, 9.17) is 9.39 Å². The highest BCUT2D eigenvalue weighted by atomic mass is 16.5. The minimum absolute atomic E-state index is 0.362. The molecular weight excluding hydrogens is 307 g/mol. The van der Waals surface area contributed by atoms with E-state index in [2.05, 4.69) is 4.98 Å². The first-order valence-corrected chi connectivity index (χ1v) is 7.71. The van der Waals surface area contributed by atoms with E-state index in [9.17, 15) is 10.2 Å². The molecule has 0 radical (unpaired) electrons. The van der Waals surface area contributed by atoms with Crippen LogP contribution in [0.1, 0.15) is 31.9 Å². The fourth-order valence-electron chi connectivity index (χ4n) is 2.25. The fourth-order valence-corrected chi connectivity index (χ4v) is 2.25. The first kappa shape index (κ1) is 16.5. The Morgan fingerprint density at radius 3 is 2.79 bits per heavy atom. The van der Waals surface area contributed by atoms with Gasteiger partial charge in [0.1, 0.15) is 5.75 Å². The van der Waals surface area contributed by atoms with Crippen molar-refractivity contribution in [1.29, 1.82) is 0 Å². The van der Waals surface area contributed by atoms with E-state index in [1.807, 2.05) is 26.8 Å². The molecular formula is C17H19BN2O4. The normalized spacial score (nSPS) is 14.7. The Balaban J connectivity index is 1.73. The van der Waals surface area contributed by atoms with E-state index in [0.29, 0.717) is 23.8 Å². The van der Waals surface area contributed by atoms with Crippen molar-refractivity contribution in [3.8, 4) is 11.6 Å². The summed E-state index contributed by atoms with van der Waals surface area (Å²) in [5.74, 6) is 1.05. The van der Waals surface area contributed by atoms with E-state index in [0.717, 1.165) is 15.8 Å². The summed E-state index contributed by atoms with van der Waals surface area (Å²) < 4.78 is 11.8. The number of rotatable bonds is 3. The summed E-state index contributed by atoms with van der Waals surface area (Å²) in [6.45, 7) is 5.89. The maximum atomic E-state index is 11.9. The lowest BCUT2D eigenvalue weighted by molar-refractivity contribution is -0.530. The third-order valence-corrected chi connectivity index (χ3v) is 3.69. The number of fused-ring (bicyclic) bond motifs is 1. The van der Waals surface area contributed by atoms with E-state index in [1.54, 1.807) is 30.5 Å². The van der Waals surface area contributed by atoms with Gasteiger partial charge < -0.3 is 19.6 Å². The van der Waals surface area contributed by atoms with E-state index in [-0.39, 0.29) is 0 Å². The number of nitrogens with zero attached hydrogens (tertiary/aromatic N) is 2. The molecule has 0 aliphatic carbocycles. The number of pyridine rings is 1. The first-order chi connectivity index (χ1) is 11.3. The van der Waals surface area contributed by atoms with Crippen LogP contribution in [0.4, 0.5) is 0 Å². The van der Waals surface area contributed by atoms with Crippen molar-refractivity contribution in [3.05, 3.63) is 52.9 Å². The van der Waals surface area contributed by atoms with Crippen LogP contribution < -0.4 is 10.2 Å². The van der Waals surface area contributed by atoms with Crippen LogP contribution in [-0.4, -0.2) is 33.6 Å². The van der Waals surface area contributed by atoms with Crippen LogP contribution in [0.3, 0.4) is 0 Å². The van der Waals surface area contributed by atoms with Crippen molar-refractivity contribution in [2.75, 3.05) is 0 Å². The minimum Gasteiger partial charge on any atom is -0.623 e. The summed E-state index contributed by atoms with van der Waals surface area (Å²) in [6, 6.07) is 8.85. The number of ether oxygens (including phenoxy) is 1. The standard InChI is InChI=1S/C17H19BN2O4/c1-17(2,3)20(22)10-12-4-7-16(19-9-12)24-14-5-6-15-13(8-14)11-23-18(15)21/h4-10,21H,11H2,1-3H3/b20-10-. The zero-order valence-electron chi connectivity index (χ0n) is 13.9. The Bertz CT molecular complexity index is 769. The maximum Gasteiger partial charge on any atom is 0.491 e. The number of hydroxylamine groups is 1. The van der Waals surface area contributed by atoms with Crippen LogP contribution in [0.15, 0.2) is 36.5 Å². The van der Waals surface area contributed by atoms with Crippen LogP contribution in [0, 0.1) is 5.21 Å². The van der Waals surface area contributed by atoms with Crippen LogP contribution in [-0.2, 0) is 11.3 Å². The van der Waals surface area contributed by atoms with Gasteiger partial charge in [-0.3, -0.25) is 0 Å². The minimum atomic E-state index is -0.861. The Kier molecular flexibility index (Phi) is 4.30. The SMILES string of the molecule is CC(C)(C)/[N+]([O-])=C/c1ccc(Oc2ccc3c(c2)COB3O)nc1. The molecule has 1 aromatic heterocycles. The second-order valence-corrected chi connectivity index (χ2v) is 6.68. The van der Waals surface area contributed by atoms with Crippen molar-refractivity contribution in [2.45, 2.75) is 32.9 Å². The molecule has 0 saturated carbocycles. The van der Waals surface area contributed by atoms with Crippen molar-refractivity contribution in [3.63, 3.8) is 0 Å². The Hall–Kier alpha value is -2.38. The average Bonchev–Trinajstić information content (AvgIpc) is 2.89. The van der Waals surface area contributed by atoms with Gasteiger partial charge in [-0.05, 0) is 29.2 Å². The van der Waals surface area contributed by atoms with Crippen molar-refractivity contribution < 1.29 is 19.2 Å². The molecule has 2 aromatic rings. The third-order valence-electron chi connectivity index (χ3n) is 3.69. The average molecular weight is 326 g/mol. The molecule has 1 aliphatic rings. The van der Waals surface area contributed by atoms with Crippen molar-refractivity contribution in [2.24, 2.45) is 0 Å². The highest BCUT2D eigenvalue weighted by Gasteiger charge is 2.27. The van der Waals surface area contributed by atoms with Gasteiger partial charge in [0.15, 0.2) is 11.8 Å². The van der Waals surface area contributed by atoms with Crippen LogP contribution in [0.25, 0.3) is 0 Å². The monoisotopic (exact) mass is 326 g/mol. The van der Waals surface area contributed by atoms with E-state index < -0.39 is 12.7 Å². The summed E-state index contributed by atoms with van der Waals surface area (Å²) in [5, 5.41) is 21.5. The predicted molar refractivity (Wildman–Crippen MR) is 91.7 cm³/mol. The molecule has 124 valence electrons. The number of hydrogen-bond donors (Lipinski definition) is 1. The second kappa shape index (κ2) is 6.26. The molecule has 0 spiro atoms. The lowest BCUT2D eigenvalue weighted by Gasteiger charge is -2.18. The van der Waals surface area contributed by atoms with Gasteiger partial charge in [0, 0.05) is 33.0 Å². The van der Waals surface area contributed by atoms with Gasteiger partial charge in [-0.15, -0.1) is 0 Å². The molecule has 0 amide bonds. The molecule has 24 heavy (non-hydrogen) atoms. The third kappa shape index (κ3) is 3.58. The largest absolute Gasteiger partial charge is 0.623 e. The first-order valence-electron chi connectivity index (χ1n) is 7.71. The molecule has 6 nitrogen and oxygen atoms in total. The molecule has 0 unspecified atom stereocenters. The predicted octanol–water partition coefficient (Wildman–Crippen LogP) is 1.82. The fraction of sp³-hybridized carbons (Fsp3) is 0.294. The molecule has 0 atom stereocenters. The van der Waals surface area contributed by atoms with Gasteiger partial charge in [0.05, 0.1) is 12.2 Å². The summed E-state index contributed by atoms with van der Waals surface area (Å²) in [7, 11) is -0.861. The molecule has 0 saturated heterocycles. The molecule has 7 heteroatoms. The van der Waals surface area contributed by atoms with E-state index >= 15 is 0 Å². The lowest BCUT2D eigenvalue weighted by Crippen LogP contribution is -2.29.